The molecule has 3 nitrogen and oxygen atoms in total. The van der Waals surface area contributed by atoms with Crippen molar-refractivity contribution in [3.05, 3.63) is 29.6 Å². The third-order valence-electron chi connectivity index (χ3n) is 4.56. The normalized spacial score (nSPS) is 16.2. The van der Waals surface area contributed by atoms with Crippen molar-refractivity contribution in [3.8, 4) is 6.07 Å². The predicted molar refractivity (Wildman–Crippen MR) is 85.2 cm³/mol. The number of hydrogen-bond acceptors (Lipinski definition) is 2. The van der Waals surface area contributed by atoms with Gasteiger partial charge in [0.05, 0.1) is 28.5 Å². The molecule has 0 radical (unpaired) electrons. The Balaban J connectivity index is 1.86. The number of rotatable bonds is 4. The number of fused-ring (bicyclic) bond motifs is 1. The lowest BCUT2D eigenvalue weighted by Crippen LogP contribution is -2.11. The average Bonchev–Trinajstić information content (AvgIpc) is 2.90. The molecule has 110 valence electrons. The fraction of sp³-hybridized carbons (Fsp3) is 0.529. The van der Waals surface area contributed by atoms with Crippen molar-refractivity contribution in [2.75, 3.05) is 0 Å². The fourth-order valence-electron chi connectivity index (χ4n) is 3.38. The largest absolute Gasteiger partial charge is 0.327 e. The van der Waals surface area contributed by atoms with Gasteiger partial charge in [0.15, 0.2) is 0 Å². The summed E-state index contributed by atoms with van der Waals surface area (Å²) in [6.45, 7) is 0.956. The lowest BCUT2D eigenvalue weighted by atomic mass is 9.87. The Kier molecular flexibility index (Phi) is 4.45. The van der Waals surface area contributed by atoms with Gasteiger partial charge in [0.2, 0.25) is 0 Å². The molecule has 0 spiro atoms. The number of aromatic nitrogens is 2. The van der Waals surface area contributed by atoms with E-state index >= 15 is 0 Å². The number of nitrogens with zero attached hydrogens (tertiary/aromatic N) is 3. The summed E-state index contributed by atoms with van der Waals surface area (Å²) in [5.41, 5.74) is 2.66. The Bertz CT molecular complexity index is 662. The van der Waals surface area contributed by atoms with Gasteiger partial charge >= 0.3 is 0 Å². The van der Waals surface area contributed by atoms with E-state index in [0.717, 1.165) is 29.3 Å². The summed E-state index contributed by atoms with van der Waals surface area (Å²) in [6.07, 6.45) is 8.03. The lowest BCUT2D eigenvalue weighted by molar-refractivity contribution is 0.324. The highest BCUT2D eigenvalue weighted by molar-refractivity contribution is 6.16. The van der Waals surface area contributed by atoms with Crippen molar-refractivity contribution in [2.45, 2.75) is 50.9 Å². The monoisotopic (exact) mass is 301 g/mol. The molecule has 1 aliphatic carbocycles. The van der Waals surface area contributed by atoms with Crippen LogP contribution in [0, 0.1) is 17.2 Å². The van der Waals surface area contributed by atoms with Crippen LogP contribution in [-0.2, 0) is 12.4 Å². The van der Waals surface area contributed by atoms with Gasteiger partial charge in [0.25, 0.3) is 0 Å². The Hall–Kier alpha value is -1.53. The maximum Gasteiger partial charge on any atom is 0.124 e. The molecule has 2 aromatic rings. The standard InChI is InChI=1S/C17H20ClN3/c18-11-17-20-15-7-6-14(12-19)10-16(15)21(17)9-8-13-4-2-1-3-5-13/h6-7,10,13H,1-5,8-9,11H2. The topological polar surface area (TPSA) is 41.6 Å². The molecule has 1 aromatic heterocycles. The summed E-state index contributed by atoms with van der Waals surface area (Å²) >= 11 is 6.05. The van der Waals surface area contributed by atoms with E-state index in [0.29, 0.717) is 11.4 Å². The Morgan fingerprint density at radius 1 is 1.29 bits per heavy atom. The van der Waals surface area contributed by atoms with E-state index < -0.39 is 0 Å². The summed E-state index contributed by atoms with van der Waals surface area (Å²) in [5.74, 6) is 2.16. The third kappa shape index (κ3) is 3.06. The molecule has 1 heterocycles. The van der Waals surface area contributed by atoms with Crippen molar-refractivity contribution in [3.63, 3.8) is 0 Å². The van der Waals surface area contributed by atoms with Crippen LogP contribution >= 0.6 is 11.6 Å². The molecule has 0 atom stereocenters. The van der Waals surface area contributed by atoms with Gasteiger partial charge in [-0.1, -0.05) is 32.1 Å². The first-order valence-electron chi connectivity index (χ1n) is 7.77. The number of imidazole rings is 1. The van der Waals surface area contributed by atoms with Crippen molar-refractivity contribution >= 4 is 22.6 Å². The van der Waals surface area contributed by atoms with Crippen molar-refractivity contribution in [1.29, 1.82) is 5.26 Å². The zero-order chi connectivity index (χ0) is 14.7. The van der Waals surface area contributed by atoms with Gasteiger partial charge in [-0.05, 0) is 30.5 Å². The molecule has 0 N–H and O–H groups in total. The summed E-state index contributed by atoms with van der Waals surface area (Å²) in [7, 11) is 0. The molecule has 4 heteroatoms. The van der Waals surface area contributed by atoms with Crippen molar-refractivity contribution in [2.24, 2.45) is 5.92 Å². The van der Waals surface area contributed by atoms with E-state index in [9.17, 15) is 0 Å². The van der Waals surface area contributed by atoms with Crippen LogP contribution in [0.1, 0.15) is 49.9 Å². The Morgan fingerprint density at radius 3 is 2.81 bits per heavy atom. The van der Waals surface area contributed by atoms with Crippen LogP contribution in [-0.4, -0.2) is 9.55 Å². The Labute approximate surface area is 130 Å². The molecule has 21 heavy (non-hydrogen) atoms. The average molecular weight is 302 g/mol. The smallest absolute Gasteiger partial charge is 0.124 e. The minimum Gasteiger partial charge on any atom is -0.327 e. The minimum absolute atomic E-state index is 0.418. The predicted octanol–water partition coefficient (Wildman–Crippen LogP) is 4.62. The van der Waals surface area contributed by atoms with Gasteiger partial charge in [-0.15, -0.1) is 11.6 Å². The van der Waals surface area contributed by atoms with Crippen molar-refractivity contribution < 1.29 is 0 Å². The molecule has 0 saturated heterocycles. The number of alkyl halides is 1. The Morgan fingerprint density at radius 2 is 2.10 bits per heavy atom. The second kappa shape index (κ2) is 6.49. The van der Waals surface area contributed by atoms with E-state index in [1.165, 1.54) is 38.5 Å². The molecule has 0 unspecified atom stereocenters. The summed E-state index contributed by atoms with van der Waals surface area (Å²) in [6, 6.07) is 7.87. The fourth-order valence-corrected chi connectivity index (χ4v) is 3.59. The number of benzene rings is 1. The number of aryl methyl sites for hydroxylation is 1. The van der Waals surface area contributed by atoms with Gasteiger partial charge in [-0.2, -0.15) is 5.26 Å². The first-order chi connectivity index (χ1) is 10.3. The van der Waals surface area contributed by atoms with E-state index in [-0.39, 0.29) is 0 Å². The molecule has 1 fully saturated rings. The van der Waals surface area contributed by atoms with Crippen LogP contribution in [0.5, 0.6) is 0 Å². The highest BCUT2D eigenvalue weighted by Gasteiger charge is 2.16. The SMILES string of the molecule is N#Cc1ccc2nc(CCl)n(CCC3CCCCC3)c2c1. The lowest BCUT2D eigenvalue weighted by Gasteiger charge is -2.22. The van der Waals surface area contributed by atoms with Crippen LogP contribution in [0.15, 0.2) is 18.2 Å². The van der Waals surface area contributed by atoms with Crippen LogP contribution in [0.2, 0.25) is 0 Å². The molecule has 0 bridgehead atoms. The highest BCUT2D eigenvalue weighted by Crippen LogP contribution is 2.28. The minimum atomic E-state index is 0.418. The summed E-state index contributed by atoms with van der Waals surface area (Å²) < 4.78 is 2.21. The maximum atomic E-state index is 9.08. The van der Waals surface area contributed by atoms with Crippen LogP contribution in [0.3, 0.4) is 0 Å². The molecular formula is C17H20ClN3. The van der Waals surface area contributed by atoms with Crippen LogP contribution in [0.4, 0.5) is 0 Å². The van der Waals surface area contributed by atoms with Crippen molar-refractivity contribution in [1.82, 2.24) is 9.55 Å². The van der Waals surface area contributed by atoms with Crippen LogP contribution in [0.25, 0.3) is 11.0 Å². The third-order valence-corrected chi connectivity index (χ3v) is 4.80. The number of nitriles is 1. The van der Waals surface area contributed by atoms with Gasteiger partial charge in [0, 0.05) is 6.54 Å². The van der Waals surface area contributed by atoms with Crippen LogP contribution < -0.4 is 0 Å². The van der Waals surface area contributed by atoms with Gasteiger partial charge in [-0.3, -0.25) is 0 Å². The van der Waals surface area contributed by atoms with E-state index in [2.05, 4.69) is 15.6 Å². The molecule has 3 rings (SSSR count). The zero-order valence-electron chi connectivity index (χ0n) is 12.2. The maximum absolute atomic E-state index is 9.08. The molecular weight excluding hydrogens is 282 g/mol. The van der Waals surface area contributed by atoms with E-state index in [4.69, 9.17) is 16.9 Å². The highest BCUT2D eigenvalue weighted by atomic mass is 35.5. The summed E-state index contributed by atoms with van der Waals surface area (Å²) in [5, 5.41) is 9.08. The summed E-state index contributed by atoms with van der Waals surface area (Å²) in [4.78, 5) is 4.59. The number of hydrogen-bond donors (Lipinski definition) is 0. The molecule has 1 aliphatic rings. The number of halogens is 1. The van der Waals surface area contributed by atoms with Gasteiger partial charge < -0.3 is 4.57 Å². The first kappa shape index (κ1) is 14.4. The molecule has 0 aliphatic heterocycles. The molecule has 0 amide bonds. The quantitative estimate of drug-likeness (QED) is 0.773. The van der Waals surface area contributed by atoms with E-state index in [1.54, 1.807) is 0 Å². The second-order valence-corrected chi connectivity index (χ2v) is 6.19. The van der Waals surface area contributed by atoms with Gasteiger partial charge in [-0.25, -0.2) is 4.98 Å². The van der Waals surface area contributed by atoms with E-state index in [1.807, 2.05) is 18.2 Å². The second-order valence-electron chi connectivity index (χ2n) is 5.92. The zero-order valence-corrected chi connectivity index (χ0v) is 12.9. The molecule has 1 aromatic carbocycles. The van der Waals surface area contributed by atoms with Gasteiger partial charge in [0.1, 0.15) is 5.82 Å². The molecule has 1 saturated carbocycles. The first-order valence-corrected chi connectivity index (χ1v) is 8.30.